The van der Waals surface area contributed by atoms with Gasteiger partial charge in [-0.2, -0.15) is 0 Å². The molecule has 1 aromatic carbocycles. The normalized spacial score (nSPS) is 15.2. The van der Waals surface area contributed by atoms with Gasteiger partial charge in [-0.25, -0.2) is 0 Å². The fourth-order valence-corrected chi connectivity index (χ4v) is 2.18. The maximum absolute atomic E-state index is 5.55. The zero-order chi connectivity index (χ0) is 13.0. The number of ether oxygens (including phenoxy) is 1. The summed E-state index contributed by atoms with van der Waals surface area (Å²) in [5.74, 6) is 4.20. The molecule has 0 aromatic heterocycles. The van der Waals surface area contributed by atoms with Crippen molar-refractivity contribution in [3.63, 3.8) is 0 Å². The van der Waals surface area contributed by atoms with Crippen LogP contribution in [0.2, 0.25) is 0 Å². The molecule has 1 fully saturated rings. The van der Waals surface area contributed by atoms with Gasteiger partial charge in [0.25, 0.3) is 0 Å². The highest BCUT2D eigenvalue weighted by molar-refractivity contribution is 5.33. The Labute approximate surface area is 110 Å². The molecule has 0 heterocycles. The standard InChI is InChI=1S/C16H21NO/c1-4-11-18-15-8-6-5-7-13(15)12-17-16(2,3)14-9-10-14/h1,5-8,14,17H,9-12H2,2-3H3. The van der Waals surface area contributed by atoms with E-state index in [4.69, 9.17) is 11.2 Å². The van der Waals surface area contributed by atoms with Crippen LogP contribution in [0.25, 0.3) is 0 Å². The van der Waals surface area contributed by atoms with Crippen LogP contribution in [0.4, 0.5) is 0 Å². The van der Waals surface area contributed by atoms with E-state index in [2.05, 4.69) is 31.2 Å². The van der Waals surface area contributed by atoms with Gasteiger partial charge >= 0.3 is 0 Å². The molecule has 18 heavy (non-hydrogen) atoms. The summed E-state index contributed by atoms with van der Waals surface area (Å²) in [7, 11) is 0. The molecule has 0 atom stereocenters. The second-order valence-corrected chi connectivity index (χ2v) is 5.45. The molecule has 96 valence electrons. The third-order valence-electron chi connectivity index (χ3n) is 3.62. The van der Waals surface area contributed by atoms with Crippen molar-refractivity contribution in [2.45, 2.75) is 38.8 Å². The van der Waals surface area contributed by atoms with Gasteiger partial charge in [0, 0.05) is 17.6 Å². The lowest BCUT2D eigenvalue weighted by molar-refractivity contribution is 0.329. The Kier molecular flexibility index (Phi) is 3.93. The van der Waals surface area contributed by atoms with Crippen molar-refractivity contribution >= 4 is 0 Å². The second kappa shape index (κ2) is 5.46. The zero-order valence-corrected chi connectivity index (χ0v) is 11.2. The first kappa shape index (κ1) is 13.0. The number of hydrogen-bond acceptors (Lipinski definition) is 2. The van der Waals surface area contributed by atoms with Crippen molar-refractivity contribution in [2.24, 2.45) is 5.92 Å². The summed E-state index contributed by atoms with van der Waals surface area (Å²) < 4.78 is 5.55. The quantitative estimate of drug-likeness (QED) is 0.776. The highest BCUT2D eigenvalue weighted by atomic mass is 16.5. The van der Waals surface area contributed by atoms with Gasteiger partial charge in [-0.1, -0.05) is 24.1 Å². The number of nitrogens with one attached hydrogen (secondary N) is 1. The zero-order valence-electron chi connectivity index (χ0n) is 11.2. The number of para-hydroxylation sites is 1. The molecule has 0 amide bonds. The van der Waals surface area contributed by atoms with Gasteiger partial charge in [-0.15, -0.1) is 6.42 Å². The van der Waals surface area contributed by atoms with Crippen LogP contribution >= 0.6 is 0 Å². The van der Waals surface area contributed by atoms with E-state index in [1.807, 2.05) is 18.2 Å². The largest absolute Gasteiger partial charge is 0.481 e. The molecule has 1 saturated carbocycles. The predicted octanol–water partition coefficient (Wildman–Crippen LogP) is 2.98. The maximum Gasteiger partial charge on any atom is 0.148 e. The van der Waals surface area contributed by atoms with Crippen molar-refractivity contribution in [3.05, 3.63) is 29.8 Å². The Balaban J connectivity index is 1.98. The minimum absolute atomic E-state index is 0.208. The van der Waals surface area contributed by atoms with Crippen molar-refractivity contribution in [1.82, 2.24) is 5.32 Å². The summed E-state index contributed by atoms with van der Waals surface area (Å²) in [6.45, 7) is 5.69. The topological polar surface area (TPSA) is 21.3 Å². The van der Waals surface area contributed by atoms with E-state index >= 15 is 0 Å². The van der Waals surface area contributed by atoms with E-state index < -0.39 is 0 Å². The Morgan fingerprint density at radius 1 is 1.39 bits per heavy atom. The van der Waals surface area contributed by atoms with Gasteiger partial charge in [0.15, 0.2) is 0 Å². The third kappa shape index (κ3) is 3.27. The van der Waals surface area contributed by atoms with Crippen LogP contribution in [0.15, 0.2) is 24.3 Å². The summed E-state index contributed by atoms with van der Waals surface area (Å²) in [5.41, 5.74) is 1.38. The van der Waals surface area contributed by atoms with Crippen LogP contribution in [-0.4, -0.2) is 12.1 Å². The molecule has 1 aromatic rings. The monoisotopic (exact) mass is 243 g/mol. The highest BCUT2D eigenvalue weighted by Crippen LogP contribution is 2.39. The van der Waals surface area contributed by atoms with Crippen molar-refractivity contribution in [1.29, 1.82) is 0 Å². The van der Waals surface area contributed by atoms with Crippen LogP contribution in [0.5, 0.6) is 5.75 Å². The smallest absolute Gasteiger partial charge is 0.148 e. The van der Waals surface area contributed by atoms with Gasteiger partial charge in [0.1, 0.15) is 12.4 Å². The maximum atomic E-state index is 5.55. The number of rotatable bonds is 6. The predicted molar refractivity (Wildman–Crippen MR) is 74.4 cm³/mol. The fourth-order valence-electron chi connectivity index (χ4n) is 2.18. The van der Waals surface area contributed by atoms with Crippen LogP contribution in [-0.2, 0) is 6.54 Å². The van der Waals surface area contributed by atoms with Crippen LogP contribution < -0.4 is 10.1 Å². The SMILES string of the molecule is C#CCOc1ccccc1CNC(C)(C)C1CC1. The third-order valence-corrected chi connectivity index (χ3v) is 3.62. The molecule has 2 rings (SSSR count). The average Bonchev–Trinajstić information content (AvgIpc) is 3.19. The molecule has 0 aliphatic heterocycles. The van der Waals surface area contributed by atoms with E-state index in [1.165, 1.54) is 18.4 Å². The van der Waals surface area contributed by atoms with Gasteiger partial charge in [0.05, 0.1) is 0 Å². The van der Waals surface area contributed by atoms with E-state index in [0.29, 0.717) is 6.61 Å². The lowest BCUT2D eigenvalue weighted by atomic mass is 9.98. The van der Waals surface area contributed by atoms with Gasteiger partial charge < -0.3 is 10.1 Å². The molecule has 1 aliphatic carbocycles. The van der Waals surface area contributed by atoms with Gasteiger partial charge in [-0.05, 0) is 38.7 Å². The minimum atomic E-state index is 0.208. The Morgan fingerprint density at radius 2 is 2.11 bits per heavy atom. The van der Waals surface area contributed by atoms with Crippen LogP contribution in [0.3, 0.4) is 0 Å². The average molecular weight is 243 g/mol. The molecule has 0 spiro atoms. The summed E-state index contributed by atoms with van der Waals surface area (Å²) in [6, 6.07) is 8.06. The lowest BCUT2D eigenvalue weighted by Gasteiger charge is -2.26. The van der Waals surface area contributed by atoms with E-state index in [1.54, 1.807) is 0 Å². The van der Waals surface area contributed by atoms with E-state index in [0.717, 1.165) is 18.2 Å². The van der Waals surface area contributed by atoms with Crippen molar-refractivity contribution in [2.75, 3.05) is 6.61 Å². The van der Waals surface area contributed by atoms with Crippen molar-refractivity contribution < 1.29 is 4.74 Å². The summed E-state index contributed by atoms with van der Waals surface area (Å²) >= 11 is 0. The molecule has 0 saturated heterocycles. The Hall–Kier alpha value is -1.46. The highest BCUT2D eigenvalue weighted by Gasteiger charge is 2.37. The molecular formula is C16H21NO. The Bertz CT molecular complexity index is 441. The first-order chi connectivity index (χ1) is 8.63. The first-order valence-electron chi connectivity index (χ1n) is 6.52. The minimum Gasteiger partial charge on any atom is -0.481 e. The molecule has 0 unspecified atom stereocenters. The summed E-state index contributed by atoms with van der Waals surface area (Å²) in [5, 5.41) is 3.62. The lowest BCUT2D eigenvalue weighted by Crippen LogP contribution is -2.40. The molecule has 2 nitrogen and oxygen atoms in total. The fraction of sp³-hybridized carbons (Fsp3) is 0.500. The van der Waals surface area contributed by atoms with Crippen LogP contribution in [0.1, 0.15) is 32.3 Å². The molecule has 0 bridgehead atoms. The first-order valence-corrected chi connectivity index (χ1v) is 6.52. The van der Waals surface area contributed by atoms with Gasteiger partial charge in [0.2, 0.25) is 0 Å². The molecule has 0 radical (unpaired) electrons. The number of hydrogen-bond donors (Lipinski definition) is 1. The molecule has 1 N–H and O–H groups in total. The van der Waals surface area contributed by atoms with Crippen molar-refractivity contribution in [3.8, 4) is 18.1 Å². The summed E-state index contributed by atoms with van der Waals surface area (Å²) in [6.07, 6.45) is 7.91. The Morgan fingerprint density at radius 3 is 2.78 bits per heavy atom. The van der Waals surface area contributed by atoms with Crippen LogP contribution in [0, 0.1) is 18.3 Å². The molecule has 1 aliphatic rings. The molecule has 2 heteroatoms. The summed E-state index contributed by atoms with van der Waals surface area (Å²) in [4.78, 5) is 0. The van der Waals surface area contributed by atoms with E-state index in [9.17, 15) is 0 Å². The molecular weight excluding hydrogens is 222 g/mol. The second-order valence-electron chi connectivity index (χ2n) is 5.45. The van der Waals surface area contributed by atoms with E-state index in [-0.39, 0.29) is 5.54 Å². The number of terminal acetylenes is 1. The number of benzene rings is 1. The van der Waals surface area contributed by atoms with Gasteiger partial charge in [-0.3, -0.25) is 0 Å².